The first-order chi connectivity index (χ1) is 10.1. The van der Waals surface area contributed by atoms with Gasteiger partial charge in [0.05, 0.1) is 30.8 Å². The van der Waals surface area contributed by atoms with Gasteiger partial charge in [0.2, 0.25) is 0 Å². The predicted molar refractivity (Wildman–Crippen MR) is 79.3 cm³/mol. The third-order valence-electron chi connectivity index (χ3n) is 3.43. The summed E-state index contributed by atoms with van der Waals surface area (Å²) >= 11 is 0. The number of aromatic nitrogens is 2. The Morgan fingerprint density at radius 1 is 1.10 bits per heavy atom. The molecule has 0 radical (unpaired) electrons. The van der Waals surface area contributed by atoms with Gasteiger partial charge in [-0.1, -0.05) is 12.1 Å². The minimum absolute atomic E-state index is 0.268. The lowest BCUT2D eigenvalue weighted by atomic mass is 10.1. The Bertz CT molecular complexity index is 770. The van der Waals surface area contributed by atoms with Gasteiger partial charge in [-0.25, -0.2) is 9.37 Å². The fourth-order valence-corrected chi connectivity index (χ4v) is 2.29. The molecule has 108 valence electrons. The van der Waals surface area contributed by atoms with Gasteiger partial charge in [0, 0.05) is 12.1 Å². The molecular formula is C16H15FN2O2. The molecule has 0 saturated heterocycles. The van der Waals surface area contributed by atoms with Crippen molar-refractivity contribution < 1.29 is 13.9 Å². The summed E-state index contributed by atoms with van der Waals surface area (Å²) in [5.74, 6) is 1.41. The normalized spacial score (nSPS) is 10.9. The second-order valence-electron chi connectivity index (χ2n) is 4.75. The fourth-order valence-electron chi connectivity index (χ4n) is 2.29. The molecule has 1 heterocycles. The number of halogens is 1. The van der Waals surface area contributed by atoms with Crippen LogP contribution in [-0.2, 0) is 0 Å². The minimum atomic E-state index is -0.268. The largest absolute Gasteiger partial charge is 0.493 e. The highest BCUT2D eigenvalue weighted by atomic mass is 19.1. The summed E-state index contributed by atoms with van der Waals surface area (Å²) in [6, 6.07) is 8.80. The van der Waals surface area contributed by atoms with E-state index < -0.39 is 0 Å². The van der Waals surface area contributed by atoms with Gasteiger partial charge in [0.1, 0.15) is 11.6 Å². The number of hydrogen-bond donors (Lipinski definition) is 1. The summed E-state index contributed by atoms with van der Waals surface area (Å²) in [5, 5.41) is 0. The first-order valence-corrected chi connectivity index (χ1v) is 6.51. The number of benzene rings is 2. The summed E-state index contributed by atoms with van der Waals surface area (Å²) in [5.41, 5.74) is 2.50. The van der Waals surface area contributed by atoms with E-state index in [1.807, 2.05) is 6.07 Å². The number of ether oxygens (including phenoxy) is 2. The molecule has 0 bridgehead atoms. The number of nitrogens with one attached hydrogen (secondary N) is 1. The lowest BCUT2D eigenvalue weighted by Crippen LogP contribution is -1.89. The van der Waals surface area contributed by atoms with Gasteiger partial charge in [-0.3, -0.25) is 0 Å². The third-order valence-corrected chi connectivity index (χ3v) is 3.43. The standard InChI is InChI=1S/C16H15FN2O2/c1-9-5-4-6-10(15(9)17)16-18-11-7-13(20-2)14(21-3)8-12(11)19-16/h4-8H,1-3H3,(H,18,19). The van der Waals surface area contributed by atoms with Gasteiger partial charge in [-0.05, 0) is 18.6 Å². The molecule has 0 aliphatic heterocycles. The van der Waals surface area contributed by atoms with E-state index in [1.54, 1.807) is 45.4 Å². The van der Waals surface area contributed by atoms with Crippen molar-refractivity contribution in [3.05, 3.63) is 41.7 Å². The average Bonchev–Trinajstić information content (AvgIpc) is 2.90. The molecule has 0 atom stereocenters. The van der Waals surface area contributed by atoms with E-state index in [9.17, 15) is 4.39 Å². The predicted octanol–water partition coefficient (Wildman–Crippen LogP) is 3.69. The maximum absolute atomic E-state index is 14.2. The second kappa shape index (κ2) is 5.09. The third kappa shape index (κ3) is 2.20. The number of H-pyrrole nitrogens is 1. The zero-order valence-corrected chi connectivity index (χ0v) is 12.0. The molecule has 5 heteroatoms. The highest BCUT2D eigenvalue weighted by Gasteiger charge is 2.14. The van der Waals surface area contributed by atoms with Gasteiger partial charge in [-0.15, -0.1) is 0 Å². The lowest BCUT2D eigenvalue weighted by Gasteiger charge is -2.06. The molecule has 0 unspecified atom stereocenters. The Labute approximate surface area is 121 Å². The Hall–Kier alpha value is -2.56. The van der Waals surface area contributed by atoms with E-state index in [0.717, 1.165) is 5.52 Å². The van der Waals surface area contributed by atoms with Crippen molar-refractivity contribution in [1.29, 1.82) is 0 Å². The van der Waals surface area contributed by atoms with Crippen LogP contribution in [0.5, 0.6) is 11.5 Å². The highest BCUT2D eigenvalue weighted by molar-refractivity contribution is 5.83. The molecule has 0 amide bonds. The average molecular weight is 286 g/mol. The molecule has 1 aromatic heterocycles. The van der Waals surface area contributed by atoms with Crippen molar-refractivity contribution in [2.24, 2.45) is 0 Å². The van der Waals surface area contributed by atoms with Gasteiger partial charge < -0.3 is 14.5 Å². The molecule has 2 aromatic carbocycles. The number of aromatic amines is 1. The van der Waals surface area contributed by atoms with Crippen molar-refractivity contribution in [3.63, 3.8) is 0 Å². The molecule has 0 fully saturated rings. The summed E-state index contributed by atoms with van der Waals surface area (Å²) < 4.78 is 24.7. The SMILES string of the molecule is COc1cc2nc(-c3cccc(C)c3F)[nH]c2cc1OC. The number of methoxy groups -OCH3 is 2. The molecule has 1 N–H and O–H groups in total. The minimum Gasteiger partial charge on any atom is -0.493 e. The smallest absolute Gasteiger partial charge is 0.163 e. The monoisotopic (exact) mass is 286 g/mol. The molecular weight excluding hydrogens is 271 g/mol. The first kappa shape index (κ1) is 13.4. The molecule has 0 aliphatic rings. The number of hydrogen-bond acceptors (Lipinski definition) is 3. The van der Waals surface area contributed by atoms with Gasteiger partial charge in [0.15, 0.2) is 11.5 Å². The van der Waals surface area contributed by atoms with E-state index >= 15 is 0 Å². The van der Waals surface area contributed by atoms with Crippen molar-refractivity contribution in [3.8, 4) is 22.9 Å². The van der Waals surface area contributed by atoms with Crippen LogP contribution in [0.3, 0.4) is 0 Å². The van der Waals surface area contributed by atoms with Gasteiger partial charge >= 0.3 is 0 Å². The maximum Gasteiger partial charge on any atom is 0.163 e. The van der Waals surface area contributed by atoms with Crippen LogP contribution in [-0.4, -0.2) is 24.2 Å². The van der Waals surface area contributed by atoms with Crippen LogP contribution in [0.1, 0.15) is 5.56 Å². The fraction of sp³-hybridized carbons (Fsp3) is 0.188. The van der Waals surface area contributed by atoms with E-state index in [0.29, 0.717) is 34.0 Å². The molecule has 3 aromatic rings. The molecule has 21 heavy (non-hydrogen) atoms. The quantitative estimate of drug-likeness (QED) is 0.798. The number of fused-ring (bicyclic) bond motifs is 1. The lowest BCUT2D eigenvalue weighted by molar-refractivity contribution is 0.356. The topological polar surface area (TPSA) is 47.1 Å². The Morgan fingerprint density at radius 2 is 1.81 bits per heavy atom. The van der Waals surface area contributed by atoms with Gasteiger partial charge in [0.25, 0.3) is 0 Å². The number of nitrogens with zero attached hydrogens (tertiary/aromatic N) is 1. The van der Waals surface area contributed by atoms with Crippen molar-refractivity contribution in [2.75, 3.05) is 14.2 Å². The van der Waals surface area contributed by atoms with Crippen LogP contribution in [0.4, 0.5) is 4.39 Å². The Kier molecular flexibility index (Phi) is 3.25. The van der Waals surface area contributed by atoms with E-state index in [1.165, 1.54) is 0 Å². The Balaban J connectivity index is 2.19. The van der Waals surface area contributed by atoms with E-state index in [2.05, 4.69) is 9.97 Å². The summed E-state index contributed by atoms with van der Waals surface area (Å²) in [6.45, 7) is 1.73. The zero-order valence-electron chi connectivity index (χ0n) is 12.0. The molecule has 4 nitrogen and oxygen atoms in total. The van der Waals surface area contributed by atoms with Crippen molar-refractivity contribution in [1.82, 2.24) is 9.97 Å². The highest BCUT2D eigenvalue weighted by Crippen LogP contribution is 2.33. The van der Waals surface area contributed by atoms with Crippen molar-refractivity contribution >= 4 is 11.0 Å². The summed E-state index contributed by atoms with van der Waals surface area (Å²) in [6.07, 6.45) is 0. The summed E-state index contributed by atoms with van der Waals surface area (Å²) in [4.78, 5) is 7.56. The molecule has 3 rings (SSSR count). The Morgan fingerprint density at radius 3 is 2.52 bits per heavy atom. The van der Waals surface area contributed by atoms with E-state index in [4.69, 9.17) is 9.47 Å². The van der Waals surface area contributed by atoms with Crippen LogP contribution < -0.4 is 9.47 Å². The number of imidazole rings is 1. The zero-order chi connectivity index (χ0) is 15.0. The van der Waals surface area contributed by atoms with E-state index in [-0.39, 0.29) is 5.82 Å². The van der Waals surface area contributed by atoms with Crippen LogP contribution in [0.15, 0.2) is 30.3 Å². The summed E-state index contributed by atoms with van der Waals surface area (Å²) in [7, 11) is 3.14. The maximum atomic E-state index is 14.2. The first-order valence-electron chi connectivity index (χ1n) is 6.51. The molecule has 0 saturated carbocycles. The van der Waals surface area contributed by atoms with Crippen LogP contribution in [0.2, 0.25) is 0 Å². The van der Waals surface area contributed by atoms with Crippen LogP contribution in [0.25, 0.3) is 22.4 Å². The van der Waals surface area contributed by atoms with Crippen LogP contribution in [0, 0.1) is 12.7 Å². The molecule has 0 spiro atoms. The van der Waals surface area contributed by atoms with Crippen molar-refractivity contribution in [2.45, 2.75) is 6.92 Å². The number of rotatable bonds is 3. The molecule has 0 aliphatic carbocycles. The van der Waals surface area contributed by atoms with Gasteiger partial charge in [-0.2, -0.15) is 0 Å². The number of aryl methyl sites for hydroxylation is 1. The van der Waals surface area contributed by atoms with Crippen LogP contribution >= 0.6 is 0 Å². The second-order valence-corrected chi connectivity index (χ2v) is 4.75.